The standard InChI is InChI=1S/C15H24ClN/c1-5-11(2)9-12(3)17-13(4)14-7-6-8-15(16)10-14/h6-8,10-13,17H,5,9H2,1-4H3. The number of hydrogen-bond donors (Lipinski definition) is 1. The molecule has 0 bridgehead atoms. The van der Waals surface area contributed by atoms with Crippen LogP contribution in [0.5, 0.6) is 0 Å². The zero-order valence-corrected chi connectivity index (χ0v) is 12.1. The van der Waals surface area contributed by atoms with Crippen LogP contribution in [0.2, 0.25) is 5.02 Å². The Morgan fingerprint density at radius 1 is 1.24 bits per heavy atom. The summed E-state index contributed by atoms with van der Waals surface area (Å²) >= 11 is 6.00. The minimum Gasteiger partial charge on any atom is -0.308 e. The Kier molecular flexibility index (Phi) is 6.01. The van der Waals surface area contributed by atoms with Gasteiger partial charge in [-0.2, -0.15) is 0 Å². The lowest BCUT2D eigenvalue weighted by molar-refractivity contribution is 0.385. The predicted octanol–water partition coefficient (Wildman–Crippen LogP) is 4.82. The third-order valence-electron chi connectivity index (χ3n) is 3.34. The van der Waals surface area contributed by atoms with E-state index in [1.54, 1.807) is 0 Å². The Bertz CT molecular complexity index is 337. The van der Waals surface area contributed by atoms with Gasteiger partial charge in [-0.05, 0) is 43.9 Å². The molecular weight excluding hydrogens is 230 g/mol. The molecule has 2 heteroatoms. The van der Waals surface area contributed by atoms with Gasteiger partial charge in [-0.3, -0.25) is 0 Å². The second-order valence-corrected chi connectivity index (χ2v) is 5.53. The average Bonchev–Trinajstić information content (AvgIpc) is 2.28. The maximum Gasteiger partial charge on any atom is 0.0409 e. The summed E-state index contributed by atoms with van der Waals surface area (Å²) < 4.78 is 0. The monoisotopic (exact) mass is 253 g/mol. The minimum absolute atomic E-state index is 0.354. The summed E-state index contributed by atoms with van der Waals surface area (Å²) in [5, 5.41) is 4.44. The van der Waals surface area contributed by atoms with Gasteiger partial charge in [0.1, 0.15) is 0 Å². The molecule has 0 heterocycles. The lowest BCUT2D eigenvalue weighted by Gasteiger charge is -2.22. The van der Waals surface area contributed by atoms with Crippen molar-refractivity contribution in [3.63, 3.8) is 0 Å². The Labute approximate surface area is 111 Å². The van der Waals surface area contributed by atoms with Gasteiger partial charge in [-0.15, -0.1) is 0 Å². The van der Waals surface area contributed by atoms with Crippen molar-refractivity contribution < 1.29 is 0 Å². The van der Waals surface area contributed by atoms with Crippen molar-refractivity contribution in [2.75, 3.05) is 0 Å². The molecule has 1 aromatic carbocycles. The van der Waals surface area contributed by atoms with Gasteiger partial charge < -0.3 is 5.32 Å². The fourth-order valence-corrected chi connectivity index (χ4v) is 2.34. The Morgan fingerprint density at radius 3 is 2.53 bits per heavy atom. The maximum atomic E-state index is 6.00. The van der Waals surface area contributed by atoms with Crippen molar-refractivity contribution in [3.05, 3.63) is 34.9 Å². The van der Waals surface area contributed by atoms with Crippen LogP contribution in [0.1, 0.15) is 52.1 Å². The van der Waals surface area contributed by atoms with Crippen LogP contribution in [0, 0.1) is 5.92 Å². The van der Waals surface area contributed by atoms with Crippen LogP contribution in [-0.2, 0) is 0 Å². The first-order valence-electron chi connectivity index (χ1n) is 6.54. The molecule has 0 aliphatic rings. The number of benzene rings is 1. The molecule has 1 rings (SSSR count). The van der Waals surface area contributed by atoms with E-state index >= 15 is 0 Å². The fraction of sp³-hybridized carbons (Fsp3) is 0.600. The van der Waals surface area contributed by atoms with Crippen molar-refractivity contribution in [2.45, 2.75) is 52.6 Å². The molecule has 0 aliphatic carbocycles. The Balaban J connectivity index is 2.51. The molecule has 3 unspecified atom stereocenters. The molecule has 0 amide bonds. The van der Waals surface area contributed by atoms with Crippen molar-refractivity contribution in [2.24, 2.45) is 5.92 Å². The predicted molar refractivity (Wildman–Crippen MR) is 76.5 cm³/mol. The first-order valence-corrected chi connectivity index (χ1v) is 6.92. The largest absolute Gasteiger partial charge is 0.308 e. The zero-order valence-electron chi connectivity index (χ0n) is 11.3. The van der Waals surface area contributed by atoms with Crippen LogP contribution in [-0.4, -0.2) is 6.04 Å². The van der Waals surface area contributed by atoms with Crippen molar-refractivity contribution in [1.29, 1.82) is 0 Å². The highest BCUT2D eigenvalue weighted by atomic mass is 35.5. The van der Waals surface area contributed by atoms with Gasteiger partial charge in [0.05, 0.1) is 0 Å². The molecule has 1 aromatic rings. The summed E-state index contributed by atoms with van der Waals surface area (Å²) in [5.74, 6) is 0.782. The van der Waals surface area contributed by atoms with Crippen molar-refractivity contribution >= 4 is 11.6 Å². The van der Waals surface area contributed by atoms with Gasteiger partial charge in [0, 0.05) is 17.1 Å². The van der Waals surface area contributed by atoms with E-state index in [2.05, 4.69) is 39.1 Å². The lowest BCUT2D eigenvalue weighted by atomic mass is 9.99. The molecule has 0 aliphatic heterocycles. The number of halogens is 1. The van der Waals surface area contributed by atoms with Crippen LogP contribution >= 0.6 is 11.6 Å². The topological polar surface area (TPSA) is 12.0 Å². The van der Waals surface area contributed by atoms with E-state index in [1.807, 2.05) is 18.2 Å². The highest BCUT2D eigenvalue weighted by Gasteiger charge is 2.11. The minimum atomic E-state index is 0.354. The van der Waals surface area contributed by atoms with Crippen LogP contribution in [0.25, 0.3) is 0 Å². The molecule has 17 heavy (non-hydrogen) atoms. The summed E-state index contributed by atoms with van der Waals surface area (Å²) in [4.78, 5) is 0. The van der Waals surface area contributed by atoms with Gasteiger partial charge in [0.25, 0.3) is 0 Å². The molecule has 3 atom stereocenters. The molecule has 0 aromatic heterocycles. The van der Waals surface area contributed by atoms with Gasteiger partial charge in [-0.1, -0.05) is 44.0 Å². The zero-order chi connectivity index (χ0) is 12.8. The van der Waals surface area contributed by atoms with Crippen molar-refractivity contribution in [1.82, 2.24) is 5.32 Å². The molecule has 0 saturated heterocycles. The molecule has 0 saturated carbocycles. The van der Waals surface area contributed by atoms with Crippen molar-refractivity contribution in [3.8, 4) is 0 Å². The highest BCUT2D eigenvalue weighted by Crippen LogP contribution is 2.19. The fourth-order valence-electron chi connectivity index (χ4n) is 2.14. The lowest BCUT2D eigenvalue weighted by Crippen LogP contribution is -2.30. The van der Waals surface area contributed by atoms with Gasteiger partial charge >= 0.3 is 0 Å². The van der Waals surface area contributed by atoms with Crippen LogP contribution < -0.4 is 5.32 Å². The molecular formula is C15H24ClN. The molecule has 0 spiro atoms. The normalized spacial score (nSPS) is 16.5. The number of nitrogens with one attached hydrogen (secondary N) is 1. The molecule has 0 fully saturated rings. The molecule has 0 radical (unpaired) electrons. The third-order valence-corrected chi connectivity index (χ3v) is 3.57. The van der Waals surface area contributed by atoms with Gasteiger partial charge in [0.2, 0.25) is 0 Å². The average molecular weight is 254 g/mol. The summed E-state index contributed by atoms with van der Waals surface area (Å²) in [6.07, 6.45) is 2.47. The van der Waals surface area contributed by atoms with E-state index in [0.717, 1.165) is 10.9 Å². The molecule has 96 valence electrons. The first kappa shape index (κ1) is 14.5. The van der Waals surface area contributed by atoms with Crippen LogP contribution in [0.15, 0.2) is 24.3 Å². The summed E-state index contributed by atoms with van der Waals surface area (Å²) in [7, 11) is 0. The van der Waals surface area contributed by atoms with Crippen LogP contribution in [0.3, 0.4) is 0 Å². The summed E-state index contributed by atoms with van der Waals surface area (Å²) in [6, 6.07) is 8.98. The number of rotatable bonds is 6. The van der Waals surface area contributed by atoms with E-state index in [9.17, 15) is 0 Å². The highest BCUT2D eigenvalue weighted by molar-refractivity contribution is 6.30. The first-order chi connectivity index (χ1) is 8.02. The maximum absolute atomic E-state index is 6.00. The quantitative estimate of drug-likeness (QED) is 0.767. The SMILES string of the molecule is CCC(C)CC(C)NC(C)c1cccc(Cl)c1. The van der Waals surface area contributed by atoms with Gasteiger partial charge in [0.15, 0.2) is 0 Å². The second kappa shape index (κ2) is 7.03. The van der Waals surface area contributed by atoms with Gasteiger partial charge in [-0.25, -0.2) is 0 Å². The van der Waals surface area contributed by atoms with E-state index in [-0.39, 0.29) is 0 Å². The number of hydrogen-bond acceptors (Lipinski definition) is 1. The summed E-state index contributed by atoms with van der Waals surface area (Å²) in [6.45, 7) is 9.01. The summed E-state index contributed by atoms with van der Waals surface area (Å²) in [5.41, 5.74) is 1.26. The van der Waals surface area contributed by atoms with E-state index in [4.69, 9.17) is 11.6 Å². The third kappa shape index (κ3) is 5.10. The molecule has 1 nitrogen and oxygen atoms in total. The Morgan fingerprint density at radius 2 is 1.94 bits per heavy atom. The Hall–Kier alpha value is -0.530. The second-order valence-electron chi connectivity index (χ2n) is 5.09. The molecule has 1 N–H and O–H groups in total. The van der Waals surface area contributed by atoms with Crippen LogP contribution in [0.4, 0.5) is 0 Å². The van der Waals surface area contributed by atoms with E-state index in [0.29, 0.717) is 12.1 Å². The van der Waals surface area contributed by atoms with E-state index in [1.165, 1.54) is 18.4 Å². The smallest absolute Gasteiger partial charge is 0.0409 e. The van der Waals surface area contributed by atoms with E-state index < -0.39 is 0 Å².